The zero-order chi connectivity index (χ0) is 22.5. The number of pyridine rings is 1. The lowest BCUT2D eigenvalue weighted by molar-refractivity contribution is 0.674. The number of halogens is 1. The standard InChI is InChI=1S/C25H19ClN6O/c1-15-22(16-6-8-18(26)9-7-16)24-29-28-23-21(32(24)30-15)11-13-31(25(23)33)12-10-17-14-27-20-5-3-2-4-19(17)20/h2-9,11,13-14,27H,10,12H2,1H3. The van der Waals surface area contributed by atoms with E-state index in [2.05, 4.69) is 26.3 Å². The van der Waals surface area contributed by atoms with E-state index in [1.54, 1.807) is 15.3 Å². The van der Waals surface area contributed by atoms with Crippen molar-refractivity contribution in [2.75, 3.05) is 0 Å². The molecule has 2 aromatic carbocycles. The highest BCUT2D eigenvalue weighted by molar-refractivity contribution is 6.30. The summed E-state index contributed by atoms with van der Waals surface area (Å²) in [6.45, 7) is 2.47. The van der Waals surface area contributed by atoms with Gasteiger partial charge >= 0.3 is 0 Å². The smallest absolute Gasteiger partial charge is 0.280 e. The maximum Gasteiger partial charge on any atom is 0.280 e. The van der Waals surface area contributed by atoms with E-state index in [0.29, 0.717) is 28.2 Å². The second kappa shape index (κ2) is 7.56. The van der Waals surface area contributed by atoms with Gasteiger partial charge in [-0.25, -0.2) is 4.52 Å². The molecule has 0 saturated heterocycles. The van der Waals surface area contributed by atoms with E-state index in [0.717, 1.165) is 28.8 Å². The van der Waals surface area contributed by atoms with E-state index < -0.39 is 0 Å². The first-order chi connectivity index (χ1) is 16.1. The zero-order valence-electron chi connectivity index (χ0n) is 17.8. The first-order valence-electron chi connectivity index (χ1n) is 10.7. The molecule has 6 aromatic rings. The third-order valence-electron chi connectivity index (χ3n) is 6.06. The van der Waals surface area contributed by atoms with E-state index in [4.69, 9.17) is 11.6 Å². The van der Waals surface area contributed by atoms with Crippen molar-refractivity contribution in [2.24, 2.45) is 0 Å². The molecule has 0 aliphatic heterocycles. The quantitative estimate of drug-likeness (QED) is 0.415. The van der Waals surface area contributed by atoms with Gasteiger partial charge in [-0.15, -0.1) is 10.2 Å². The molecule has 4 aromatic heterocycles. The van der Waals surface area contributed by atoms with E-state index >= 15 is 0 Å². The van der Waals surface area contributed by atoms with Crippen molar-refractivity contribution in [3.8, 4) is 11.1 Å². The lowest BCUT2D eigenvalue weighted by Gasteiger charge is -2.07. The second-order valence-corrected chi connectivity index (χ2v) is 8.50. The van der Waals surface area contributed by atoms with Crippen LogP contribution in [0.15, 0.2) is 71.8 Å². The number of H-pyrrole nitrogens is 1. The first kappa shape index (κ1) is 19.7. The minimum Gasteiger partial charge on any atom is -0.361 e. The van der Waals surface area contributed by atoms with Crippen LogP contribution < -0.4 is 5.56 Å². The maximum absolute atomic E-state index is 13.2. The molecular weight excluding hydrogens is 436 g/mol. The number of para-hydroxylation sites is 1. The van der Waals surface area contributed by atoms with Crippen molar-refractivity contribution < 1.29 is 0 Å². The number of aryl methyl sites for hydroxylation is 3. The Labute approximate surface area is 193 Å². The van der Waals surface area contributed by atoms with Crippen LogP contribution >= 0.6 is 11.6 Å². The molecule has 7 nitrogen and oxygen atoms in total. The van der Waals surface area contributed by atoms with Crippen molar-refractivity contribution in [1.29, 1.82) is 0 Å². The number of fused-ring (bicyclic) bond motifs is 4. The maximum atomic E-state index is 13.2. The van der Waals surface area contributed by atoms with Gasteiger partial charge in [-0.2, -0.15) is 5.10 Å². The van der Waals surface area contributed by atoms with Gasteiger partial charge < -0.3 is 9.55 Å². The fraction of sp³-hybridized carbons (Fsp3) is 0.120. The van der Waals surface area contributed by atoms with E-state index in [1.165, 1.54) is 10.9 Å². The summed E-state index contributed by atoms with van der Waals surface area (Å²) in [7, 11) is 0. The van der Waals surface area contributed by atoms with Gasteiger partial charge in [-0.05, 0) is 48.7 Å². The van der Waals surface area contributed by atoms with Gasteiger partial charge in [0.15, 0.2) is 11.2 Å². The Kier molecular flexibility index (Phi) is 4.52. The molecule has 0 spiro atoms. The van der Waals surface area contributed by atoms with Crippen LogP contribution in [0.1, 0.15) is 11.3 Å². The summed E-state index contributed by atoms with van der Waals surface area (Å²) < 4.78 is 3.38. The third kappa shape index (κ3) is 3.20. The molecule has 0 aliphatic rings. The Morgan fingerprint density at radius 1 is 1.03 bits per heavy atom. The van der Waals surface area contributed by atoms with Gasteiger partial charge in [0.05, 0.1) is 11.3 Å². The average molecular weight is 455 g/mol. The van der Waals surface area contributed by atoms with Crippen LogP contribution in [-0.4, -0.2) is 29.4 Å². The summed E-state index contributed by atoms with van der Waals surface area (Å²) >= 11 is 6.04. The molecule has 1 N–H and O–H groups in total. The van der Waals surface area contributed by atoms with Gasteiger partial charge in [0.2, 0.25) is 0 Å². The van der Waals surface area contributed by atoms with Crippen molar-refractivity contribution in [2.45, 2.75) is 19.9 Å². The fourth-order valence-electron chi connectivity index (χ4n) is 4.40. The lowest BCUT2D eigenvalue weighted by atomic mass is 10.1. The Morgan fingerprint density at radius 2 is 1.85 bits per heavy atom. The van der Waals surface area contributed by atoms with Gasteiger partial charge in [0.1, 0.15) is 5.52 Å². The number of nitrogens with zero attached hydrogens (tertiary/aromatic N) is 5. The predicted octanol–water partition coefficient (Wildman–Crippen LogP) is 4.79. The van der Waals surface area contributed by atoms with Crippen LogP contribution in [0.25, 0.3) is 38.7 Å². The Bertz CT molecular complexity index is 1710. The Hall–Kier alpha value is -3.97. The van der Waals surface area contributed by atoms with Crippen molar-refractivity contribution in [1.82, 2.24) is 29.4 Å². The monoisotopic (exact) mass is 454 g/mol. The number of aromatic nitrogens is 6. The molecule has 8 heteroatoms. The summed E-state index contributed by atoms with van der Waals surface area (Å²) in [5.41, 5.74) is 6.28. The molecule has 0 amide bonds. The van der Waals surface area contributed by atoms with E-state index in [9.17, 15) is 4.79 Å². The van der Waals surface area contributed by atoms with Crippen LogP contribution in [0.3, 0.4) is 0 Å². The highest BCUT2D eigenvalue weighted by atomic mass is 35.5. The molecule has 0 radical (unpaired) electrons. The number of hydrogen-bond donors (Lipinski definition) is 1. The molecule has 0 fully saturated rings. The summed E-state index contributed by atoms with van der Waals surface area (Å²) in [5, 5.41) is 15.2. The van der Waals surface area contributed by atoms with Crippen LogP contribution in [0.5, 0.6) is 0 Å². The third-order valence-corrected chi connectivity index (χ3v) is 6.31. The first-order valence-corrected chi connectivity index (χ1v) is 11.0. The van der Waals surface area contributed by atoms with Gasteiger partial charge in [0.25, 0.3) is 5.56 Å². The highest BCUT2D eigenvalue weighted by Gasteiger charge is 2.17. The number of hydrogen-bond acceptors (Lipinski definition) is 4. The molecule has 162 valence electrons. The molecule has 6 rings (SSSR count). The summed E-state index contributed by atoms with van der Waals surface area (Å²) in [6.07, 6.45) is 4.54. The average Bonchev–Trinajstić information content (AvgIpc) is 3.39. The lowest BCUT2D eigenvalue weighted by Crippen LogP contribution is -2.22. The van der Waals surface area contributed by atoms with Crippen molar-refractivity contribution in [3.63, 3.8) is 0 Å². The molecule has 0 aliphatic carbocycles. The SMILES string of the molecule is Cc1nn2c(nnc3c(=O)n(CCc4c[nH]c5ccccc45)ccc32)c1-c1ccc(Cl)cc1. The molecule has 0 atom stereocenters. The van der Waals surface area contributed by atoms with Crippen LogP contribution in [0.2, 0.25) is 5.02 Å². The van der Waals surface area contributed by atoms with E-state index in [1.807, 2.05) is 61.7 Å². The molecular formula is C25H19ClN6O. The largest absolute Gasteiger partial charge is 0.361 e. The number of aromatic amines is 1. The molecule has 0 saturated carbocycles. The Balaban J connectivity index is 1.40. The number of rotatable bonds is 4. The van der Waals surface area contributed by atoms with Gasteiger partial charge in [0, 0.05) is 34.9 Å². The zero-order valence-corrected chi connectivity index (χ0v) is 18.5. The minimum atomic E-state index is -0.178. The van der Waals surface area contributed by atoms with Crippen LogP contribution in [-0.2, 0) is 13.0 Å². The number of benzene rings is 2. The molecule has 33 heavy (non-hydrogen) atoms. The van der Waals surface area contributed by atoms with Gasteiger partial charge in [-0.1, -0.05) is 41.9 Å². The Morgan fingerprint density at radius 3 is 2.70 bits per heavy atom. The second-order valence-electron chi connectivity index (χ2n) is 8.06. The summed E-state index contributed by atoms with van der Waals surface area (Å²) in [5.74, 6) is 0. The summed E-state index contributed by atoms with van der Waals surface area (Å²) in [4.78, 5) is 16.5. The van der Waals surface area contributed by atoms with Crippen LogP contribution in [0, 0.1) is 6.92 Å². The minimum absolute atomic E-state index is 0.178. The predicted molar refractivity (Wildman–Crippen MR) is 130 cm³/mol. The summed E-state index contributed by atoms with van der Waals surface area (Å²) in [6, 6.07) is 17.6. The fourth-order valence-corrected chi connectivity index (χ4v) is 4.53. The van der Waals surface area contributed by atoms with Gasteiger partial charge in [-0.3, -0.25) is 4.79 Å². The topological polar surface area (TPSA) is 80.9 Å². The van der Waals surface area contributed by atoms with Crippen molar-refractivity contribution in [3.05, 3.63) is 93.6 Å². The molecule has 4 heterocycles. The normalized spacial score (nSPS) is 11.7. The van der Waals surface area contributed by atoms with E-state index in [-0.39, 0.29) is 5.56 Å². The highest BCUT2D eigenvalue weighted by Crippen LogP contribution is 2.29. The van der Waals surface area contributed by atoms with Crippen LogP contribution in [0.4, 0.5) is 0 Å². The van der Waals surface area contributed by atoms with Crippen molar-refractivity contribution >= 4 is 39.2 Å². The molecule has 0 unspecified atom stereocenters. The molecule has 0 bridgehead atoms. The number of nitrogens with one attached hydrogen (secondary N) is 1.